The molecule has 0 rings (SSSR count). The lowest BCUT2D eigenvalue weighted by Crippen LogP contribution is -2.45. The first-order valence-corrected chi connectivity index (χ1v) is 5.52. The molecule has 2 unspecified atom stereocenters. The van der Waals surface area contributed by atoms with Crippen LogP contribution in [0.25, 0.3) is 0 Å². The monoisotopic (exact) mass is 216 g/mol. The highest BCUT2D eigenvalue weighted by molar-refractivity contribution is 5.81. The molecule has 0 spiro atoms. The number of rotatable bonds is 7. The summed E-state index contributed by atoms with van der Waals surface area (Å²) in [5.41, 5.74) is 5.75. The van der Waals surface area contributed by atoms with Crippen LogP contribution in [0.5, 0.6) is 0 Å². The lowest BCUT2D eigenvalue weighted by Gasteiger charge is -2.18. The smallest absolute Gasteiger partial charge is 0.237 e. The van der Waals surface area contributed by atoms with Crippen molar-refractivity contribution in [2.24, 2.45) is 11.7 Å². The van der Waals surface area contributed by atoms with Gasteiger partial charge in [-0.15, -0.1) is 0 Å². The average Bonchev–Trinajstić information content (AvgIpc) is 2.13. The van der Waals surface area contributed by atoms with Gasteiger partial charge in [0.2, 0.25) is 5.91 Å². The average molecular weight is 216 g/mol. The molecule has 3 N–H and O–H groups in total. The summed E-state index contributed by atoms with van der Waals surface area (Å²) in [7, 11) is 1.65. The predicted molar refractivity (Wildman–Crippen MR) is 61.5 cm³/mol. The standard InChI is InChI=1S/C11H24N2O2/c1-8(2)7-10(12)11(14)13-9(3)5-6-15-4/h8-10H,5-7,12H2,1-4H3,(H,13,14). The van der Waals surface area contributed by atoms with E-state index in [0.29, 0.717) is 12.5 Å². The van der Waals surface area contributed by atoms with Crippen molar-refractivity contribution in [3.05, 3.63) is 0 Å². The first-order chi connectivity index (χ1) is 6.97. The summed E-state index contributed by atoms with van der Waals surface area (Å²) in [6.07, 6.45) is 1.54. The Morgan fingerprint density at radius 2 is 2.00 bits per heavy atom. The van der Waals surface area contributed by atoms with Gasteiger partial charge in [0, 0.05) is 19.8 Å². The van der Waals surface area contributed by atoms with Crippen molar-refractivity contribution in [2.45, 2.75) is 45.7 Å². The number of amides is 1. The number of hydrogen-bond acceptors (Lipinski definition) is 3. The molecular weight excluding hydrogens is 192 g/mol. The number of nitrogens with one attached hydrogen (secondary N) is 1. The van der Waals surface area contributed by atoms with E-state index >= 15 is 0 Å². The minimum atomic E-state index is -0.394. The van der Waals surface area contributed by atoms with Crippen LogP contribution in [-0.2, 0) is 9.53 Å². The van der Waals surface area contributed by atoms with Gasteiger partial charge < -0.3 is 15.8 Å². The van der Waals surface area contributed by atoms with Crippen LogP contribution in [0.1, 0.15) is 33.6 Å². The van der Waals surface area contributed by atoms with Crippen molar-refractivity contribution in [2.75, 3.05) is 13.7 Å². The number of carbonyl (C=O) groups is 1. The van der Waals surface area contributed by atoms with Gasteiger partial charge in [0.1, 0.15) is 0 Å². The normalized spacial score (nSPS) is 15.1. The van der Waals surface area contributed by atoms with E-state index in [1.165, 1.54) is 0 Å². The first-order valence-electron chi connectivity index (χ1n) is 5.52. The van der Waals surface area contributed by atoms with Gasteiger partial charge in [0.25, 0.3) is 0 Å². The van der Waals surface area contributed by atoms with E-state index in [2.05, 4.69) is 19.2 Å². The summed E-state index contributed by atoms with van der Waals surface area (Å²) in [5, 5.41) is 2.88. The Labute approximate surface area is 92.6 Å². The number of ether oxygens (including phenoxy) is 1. The Balaban J connectivity index is 3.80. The van der Waals surface area contributed by atoms with E-state index in [0.717, 1.165) is 12.8 Å². The molecule has 2 atom stereocenters. The molecule has 0 radical (unpaired) electrons. The Morgan fingerprint density at radius 1 is 1.40 bits per heavy atom. The molecule has 0 aliphatic heterocycles. The van der Waals surface area contributed by atoms with E-state index in [-0.39, 0.29) is 11.9 Å². The van der Waals surface area contributed by atoms with Gasteiger partial charge in [-0.3, -0.25) is 4.79 Å². The minimum Gasteiger partial charge on any atom is -0.385 e. The zero-order valence-electron chi connectivity index (χ0n) is 10.2. The molecule has 4 nitrogen and oxygen atoms in total. The van der Waals surface area contributed by atoms with Crippen LogP contribution in [0.3, 0.4) is 0 Å². The highest BCUT2D eigenvalue weighted by Crippen LogP contribution is 2.03. The van der Waals surface area contributed by atoms with E-state index in [1.54, 1.807) is 7.11 Å². The zero-order chi connectivity index (χ0) is 11.8. The third-order valence-corrected chi connectivity index (χ3v) is 2.21. The molecule has 1 amide bonds. The van der Waals surface area contributed by atoms with Gasteiger partial charge in [-0.1, -0.05) is 13.8 Å². The zero-order valence-corrected chi connectivity index (χ0v) is 10.2. The Kier molecular flexibility index (Phi) is 7.34. The van der Waals surface area contributed by atoms with Crippen molar-refractivity contribution >= 4 is 5.91 Å². The summed E-state index contributed by atoms with van der Waals surface area (Å²) < 4.78 is 4.94. The molecule has 0 saturated carbocycles. The largest absolute Gasteiger partial charge is 0.385 e. The second kappa shape index (κ2) is 7.65. The maximum absolute atomic E-state index is 11.6. The van der Waals surface area contributed by atoms with Crippen molar-refractivity contribution < 1.29 is 9.53 Å². The fourth-order valence-corrected chi connectivity index (χ4v) is 1.33. The molecule has 0 fully saturated rings. The SMILES string of the molecule is COCCC(C)NC(=O)C(N)CC(C)C. The Morgan fingerprint density at radius 3 is 2.47 bits per heavy atom. The van der Waals surface area contributed by atoms with Crippen molar-refractivity contribution in [3.63, 3.8) is 0 Å². The lowest BCUT2D eigenvalue weighted by atomic mass is 10.0. The molecule has 4 heteroatoms. The van der Waals surface area contributed by atoms with Crippen molar-refractivity contribution in [1.82, 2.24) is 5.32 Å². The Hall–Kier alpha value is -0.610. The molecule has 0 bridgehead atoms. The Bertz CT molecular complexity index is 183. The summed E-state index contributed by atoms with van der Waals surface area (Å²) in [4.78, 5) is 11.6. The third kappa shape index (κ3) is 7.33. The van der Waals surface area contributed by atoms with Gasteiger partial charge in [-0.2, -0.15) is 0 Å². The van der Waals surface area contributed by atoms with E-state index in [9.17, 15) is 4.79 Å². The molecule has 0 aliphatic rings. The van der Waals surface area contributed by atoms with Crippen LogP contribution < -0.4 is 11.1 Å². The van der Waals surface area contributed by atoms with Gasteiger partial charge in [-0.25, -0.2) is 0 Å². The topological polar surface area (TPSA) is 64.3 Å². The van der Waals surface area contributed by atoms with E-state index in [4.69, 9.17) is 10.5 Å². The fourth-order valence-electron chi connectivity index (χ4n) is 1.33. The molecule has 0 saturated heterocycles. The maximum atomic E-state index is 11.6. The molecule has 0 aromatic rings. The highest BCUT2D eigenvalue weighted by atomic mass is 16.5. The van der Waals surface area contributed by atoms with Crippen molar-refractivity contribution in [1.29, 1.82) is 0 Å². The second-order valence-electron chi connectivity index (χ2n) is 4.43. The van der Waals surface area contributed by atoms with E-state index < -0.39 is 6.04 Å². The fraction of sp³-hybridized carbons (Fsp3) is 0.909. The molecule has 0 heterocycles. The lowest BCUT2D eigenvalue weighted by molar-refractivity contribution is -0.123. The van der Waals surface area contributed by atoms with Gasteiger partial charge in [0.15, 0.2) is 0 Å². The van der Waals surface area contributed by atoms with E-state index in [1.807, 2.05) is 6.92 Å². The summed E-state index contributed by atoms with van der Waals surface area (Å²) in [5.74, 6) is 0.382. The maximum Gasteiger partial charge on any atom is 0.237 e. The van der Waals surface area contributed by atoms with Crippen LogP contribution >= 0.6 is 0 Å². The molecule has 0 aliphatic carbocycles. The van der Waals surface area contributed by atoms with Crippen LogP contribution in [0.4, 0.5) is 0 Å². The van der Waals surface area contributed by atoms with Crippen LogP contribution in [0.15, 0.2) is 0 Å². The minimum absolute atomic E-state index is 0.0627. The third-order valence-electron chi connectivity index (χ3n) is 2.21. The van der Waals surface area contributed by atoms with Gasteiger partial charge in [0.05, 0.1) is 6.04 Å². The first kappa shape index (κ1) is 14.4. The molecule has 15 heavy (non-hydrogen) atoms. The number of hydrogen-bond donors (Lipinski definition) is 2. The van der Waals surface area contributed by atoms with Gasteiger partial charge >= 0.3 is 0 Å². The van der Waals surface area contributed by atoms with Gasteiger partial charge in [-0.05, 0) is 25.7 Å². The summed E-state index contributed by atoms with van der Waals surface area (Å²) in [6.45, 7) is 6.73. The molecule has 90 valence electrons. The molecule has 0 aromatic carbocycles. The van der Waals surface area contributed by atoms with Crippen LogP contribution in [-0.4, -0.2) is 31.7 Å². The van der Waals surface area contributed by atoms with Crippen LogP contribution in [0, 0.1) is 5.92 Å². The summed E-state index contributed by atoms with van der Waals surface area (Å²) >= 11 is 0. The summed E-state index contributed by atoms with van der Waals surface area (Å²) in [6, 6.07) is -0.273. The predicted octanol–water partition coefficient (Wildman–Crippen LogP) is 0.901. The number of carbonyl (C=O) groups excluding carboxylic acids is 1. The molecule has 0 aromatic heterocycles. The highest BCUT2D eigenvalue weighted by Gasteiger charge is 2.16. The van der Waals surface area contributed by atoms with Crippen LogP contribution in [0.2, 0.25) is 0 Å². The number of methoxy groups -OCH3 is 1. The van der Waals surface area contributed by atoms with Crippen molar-refractivity contribution in [3.8, 4) is 0 Å². The second-order valence-corrected chi connectivity index (χ2v) is 4.43. The molecular formula is C11H24N2O2. The quantitative estimate of drug-likeness (QED) is 0.664. The number of nitrogens with two attached hydrogens (primary N) is 1.